The molecule has 1 aromatic heterocycles. The molecule has 2 heterocycles. The maximum Gasteiger partial charge on any atom is 0.246 e. The molecule has 2 amide bonds. The fourth-order valence-electron chi connectivity index (χ4n) is 2.26. The predicted molar refractivity (Wildman–Crippen MR) is 77.5 cm³/mol. The Kier molecular flexibility index (Phi) is 4.22. The molecule has 0 saturated carbocycles. The van der Waals surface area contributed by atoms with E-state index >= 15 is 0 Å². The number of rotatable bonds is 3. The Morgan fingerprint density at radius 2 is 2.25 bits per heavy atom. The number of piperidine rings is 1. The molecule has 6 nitrogen and oxygen atoms in total. The van der Waals surface area contributed by atoms with Gasteiger partial charge in [-0.1, -0.05) is 6.92 Å². The van der Waals surface area contributed by atoms with Crippen molar-refractivity contribution in [2.24, 2.45) is 5.92 Å². The number of hydrogen-bond donors (Lipinski definition) is 2. The van der Waals surface area contributed by atoms with Gasteiger partial charge in [0, 0.05) is 38.5 Å². The maximum absolute atomic E-state index is 12.2. The van der Waals surface area contributed by atoms with E-state index in [9.17, 15) is 9.59 Å². The molecule has 20 heavy (non-hydrogen) atoms. The smallest absolute Gasteiger partial charge is 0.246 e. The van der Waals surface area contributed by atoms with Gasteiger partial charge < -0.3 is 15.5 Å². The van der Waals surface area contributed by atoms with Crippen LogP contribution in [0, 0.1) is 5.92 Å². The summed E-state index contributed by atoms with van der Waals surface area (Å²) in [5, 5.41) is 5.55. The van der Waals surface area contributed by atoms with Crippen LogP contribution >= 0.6 is 0 Å². The molecule has 0 radical (unpaired) electrons. The van der Waals surface area contributed by atoms with Crippen LogP contribution in [0.4, 0.5) is 11.5 Å². The molecule has 1 saturated heterocycles. The average Bonchev–Trinajstić information content (AvgIpc) is 2.37. The summed E-state index contributed by atoms with van der Waals surface area (Å²) in [5.74, 6) is 0.756. The second-order valence-corrected chi connectivity index (χ2v) is 5.45. The van der Waals surface area contributed by atoms with Crippen LogP contribution in [0.2, 0.25) is 0 Å². The first-order valence-electron chi connectivity index (χ1n) is 6.69. The zero-order valence-corrected chi connectivity index (χ0v) is 12.0. The highest BCUT2D eigenvalue weighted by atomic mass is 16.2. The lowest BCUT2D eigenvalue weighted by atomic mass is 9.93. The van der Waals surface area contributed by atoms with Gasteiger partial charge in [-0.2, -0.15) is 0 Å². The minimum Gasteiger partial charge on any atom is -0.363 e. The first-order valence-corrected chi connectivity index (χ1v) is 6.69. The largest absolute Gasteiger partial charge is 0.363 e. The van der Waals surface area contributed by atoms with E-state index < -0.39 is 6.04 Å². The molecule has 0 aromatic carbocycles. The van der Waals surface area contributed by atoms with Gasteiger partial charge in [0.25, 0.3) is 0 Å². The van der Waals surface area contributed by atoms with E-state index in [4.69, 9.17) is 0 Å². The van der Waals surface area contributed by atoms with Crippen molar-refractivity contribution in [3.8, 4) is 0 Å². The molecule has 0 spiro atoms. The summed E-state index contributed by atoms with van der Waals surface area (Å²) in [6.07, 6.45) is 2.81. The number of anilines is 2. The highest BCUT2D eigenvalue weighted by Gasteiger charge is 2.28. The van der Waals surface area contributed by atoms with Crippen molar-refractivity contribution < 1.29 is 9.59 Å². The standard InChI is InChI=1S/C14H20N4O2/c1-9-6-11(17-13(19)7-9)14(20)16-10-4-5-15-12(8-10)18(2)3/h4-5,8-9,11H,6-7H2,1-3H3,(H,17,19)(H,15,16,20)/t9-,11-/m0/s1. The van der Waals surface area contributed by atoms with Crippen LogP contribution in [0.25, 0.3) is 0 Å². The van der Waals surface area contributed by atoms with E-state index in [1.54, 1.807) is 18.3 Å². The van der Waals surface area contributed by atoms with Crippen LogP contribution in [0.3, 0.4) is 0 Å². The quantitative estimate of drug-likeness (QED) is 0.863. The highest BCUT2D eigenvalue weighted by Crippen LogP contribution is 2.19. The van der Waals surface area contributed by atoms with E-state index in [1.807, 2.05) is 25.9 Å². The number of nitrogens with one attached hydrogen (secondary N) is 2. The highest BCUT2D eigenvalue weighted by molar-refractivity contribution is 5.98. The number of pyridine rings is 1. The number of carbonyl (C=O) groups is 2. The number of nitrogens with zero attached hydrogens (tertiary/aromatic N) is 2. The van der Waals surface area contributed by atoms with Crippen LogP contribution in [0.5, 0.6) is 0 Å². The molecule has 1 aromatic rings. The molecule has 0 aliphatic carbocycles. The third kappa shape index (κ3) is 3.46. The molecular formula is C14H20N4O2. The number of aromatic nitrogens is 1. The maximum atomic E-state index is 12.2. The number of carbonyl (C=O) groups excluding carboxylic acids is 2. The molecule has 0 bridgehead atoms. The van der Waals surface area contributed by atoms with Crippen LogP contribution in [0.1, 0.15) is 19.8 Å². The van der Waals surface area contributed by atoms with Gasteiger partial charge in [0.15, 0.2) is 0 Å². The molecule has 2 rings (SSSR count). The number of amides is 2. The van der Waals surface area contributed by atoms with Crippen molar-refractivity contribution in [1.29, 1.82) is 0 Å². The minimum absolute atomic E-state index is 0.0624. The van der Waals surface area contributed by atoms with Crippen molar-refractivity contribution in [3.63, 3.8) is 0 Å². The van der Waals surface area contributed by atoms with Crippen molar-refractivity contribution >= 4 is 23.3 Å². The Morgan fingerprint density at radius 3 is 2.90 bits per heavy atom. The third-order valence-corrected chi connectivity index (χ3v) is 3.29. The summed E-state index contributed by atoms with van der Waals surface area (Å²) >= 11 is 0. The normalized spacial score (nSPS) is 22.1. The lowest BCUT2D eigenvalue weighted by Gasteiger charge is -2.26. The zero-order valence-electron chi connectivity index (χ0n) is 12.0. The Labute approximate surface area is 118 Å². The molecule has 2 atom stereocenters. The van der Waals surface area contributed by atoms with Crippen molar-refractivity contribution in [3.05, 3.63) is 18.3 Å². The molecule has 1 aliphatic rings. The van der Waals surface area contributed by atoms with E-state index in [2.05, 4.69) is 15.6 Å². The summed E-state index contributed by atoms with van der Waals surface area (Å²) in [6, 6.07) is 3.08. The van der Waals surface area contributed by atoms with Crippen LogP contribution < -0.4 is 15.5 Å². The molecular weight excluding hydrogens is 256 g/mol. The van der Waals surface area contributed by atoms with E-state index in [0.29, 0.717) is 18.5 Å². The summed E-state index contributed by atoms with van der Waals surface area (Å²) in [7, 11) is 3.77. The zero-order chi connectivity index (χ0) is 14.7. The van der Waals surface area contributed by atoms with Gasteiger partial charge in [-0.3, -0.25) is 9.59 Å². The molecule has 6 heteroatoms. The van der Waals surface area contributed by atoms with Crippen molar-refractivity contribution in [2.75, 3.05) is 24.3 Å². The Hall–Kier alpha value is -2.11. The average molecular weight is 276 g/mol. The summed E-state index contributed by atoms with van der Waals surface area (Å²) in [5.41, 5.74) is 0.682. The fourth-order valence-corrected chi connectivity index (χ4v) is 2.26. The Balaban J connectivity index is 2.04. The first-order chi connectivity index (χ1) is 9.45. The first kappa shape index (κ1) is 14.3. The monoisotopic (exact) mass is 276 g/mol. The van der Waals surface area contributed by atoms with Crippen molar-refractivity contribution in [2.45, 2.75) is 25.8 Å². The lowest BCUT2D eigenvalue weighted by molar-refractivity contribution is -0.129. The Morgan fingerprint density at radius 1 is 1.50 bits per heavy atom. The van der Waals surface area contributed by atoms with Gasteiger partial charge in [-0.15, -0.1) is 0 Å². The van der Waals surface area contributed by atoms with E-state index in [0.717, 1.165) is 5.82 Å². The summed E-state index contributed by atoms with van der Waals surface area (Å²) < 4.78 is 0. The minimum atomic E-state index is -0.456. The SMILES string of the molecule is C[C@@H]1CC(=O)N[C@H](C(=O)Nc2ccnc(N(C)C)c2)C1. The second-order valence-electron chi connectivity index (χ2n) is 5.45. The third-order valence-electron chi connectivity index (χ3n) is 3.29. The van der Waals surface area contributed by atoms with Gasteiger partial charge in [0.1, 0.15) is 11.9 Å². The van der Waals surface area contributed by atoms with Gasteiger partial charge in [-0.05, 0) is 18.4 Å². The second kappa shape index (κ2) is 5.90. The molecule has 0 unspecified atom stereocenters. The summed E-state index contributed by atoms with van der Waals surface area (Å²) in [6.45, 7) is 1.98. The van der Waals surface area contributed by atoms with Gasteiger partial charge >= 0.3 is 0 Å². The molecule has 1 fully saturated rings. The molecule has 2 N–H and O–H groups in total. The van der Waals surface area contributed by atoms with Gasteiger partial charge in [0.05, 0.1) is 0 Å². The summed E-state index contributed by atoms with van der Waals surface area (Å²) in [4.78, 5) is 29.7. The van der Waals surface area contributed by atoms with Crippen LogP contribution in [-0.4, -0.2) is 36.9 Å². The molecule has 108 valence electrons. The van der Waals surface area contributed by atoms with E-state index in [-0.39, 0.29) is 17.7 Å². The molecule has 1 aliphatic heterocycles. The van der Waals surface area contributed by atoms with Crippen LogP contribution in [0.15, 0.2) is 18.3 Å². The lowest BCUT2D eigenvalue weighted by Crippen LogP contribution is -2.48. The Bertz CT molecular complexity index is 516. The van der Waals surface area contributed by atoms with Crippen LogP contribution in [-0.2, 0) is 9.59 Å². The fraction of sp³-hybridized carbons (Fsp3) is 0.500. The van der Waals surface area contributed by atoms with Crippen molar-refractivity contribution in [1.82, 2.24) is 10.3 Å². The number of hydrogen-bond acceptors (Lipinski definition) is 4. The van der Waals surface area contributed by atoms with Gasteiger partial charge in [0.2, 0.25) is 11.8 Å². The topological polar surface area (TPSA) is 74.3 Å². The van der Waals surface area contributed by atoms with Gasteiger partial charge in [-0.25, -0.2) is 4.98 Å². The van der Waals surface area contributed by atoms with E-state index in [1.165, 1.54) is 0 Å². The predicted octanol–water partition coefficient (Wildman–Crippen LogP) is 1.00.